The molecule has 0 amide bonds. The molecule has 3 fully saturated rings. The highest BCUT2D eigenvalue weighted by atomic mass is 19.1. The molecule has 1 heteroatoms. The van der Waals surface area contributed by atoms with Crippen molar-refractivity contribution in [3.8, 4) is 0 Å². The third-order valence-electron chi connectivity index (χ3n) is 7.14. The Morgan fingerprint density at radius 3 is 1.83 bits per heavy atom. The molecule has 0 heterocycles. The molecular weight excluding hydrogens is 283 g/mol. The normalized spacial score (nSPS) is 40.0. The first-order chi connectivity index (χ1) is 11.3. The molecule has 23 heavy (non-hydrogen) atoms. The second kappa shape index (κ2) is 6.42. The van der Waals surface area contributed by atoms with Gasteiger partial charge in [-0.2, -0.15) is 0 Å². The van der Waals surface area contributed by atoms with E-state index >= 15 is 0 Å². The standard InChI is InChI=1S/C22H29F/c1-2-15-3-5-16(6-4-15)17-9-13-20-21(14-10-17)22(20)18-7-11-19(23)12-8-18/h2,7-8,11-12,15-17,20-22H,1,3-6,9-10,13-14H2. The molecule has 3 aliphatic rings. The van der Waals surface area contributed by atoms with Crippen LogP contribution in [-0.4, -0.2) is 0 Å². The third-order valence-corrected chi connectivity index (χ3v) is 7.14. The molecule has 4 rings (SSSR count). The summed E-state index contributed by atoms with van der Waals surface area (Å²) in [7, 11) is 0. The lowest BCUT2D eigenvalue weighted by Crippen LogP contribution is -2.21. The molecule has 0 N–H and O–H groups in total. The molecule has 0 radical (unpaired) electrons. The van der Waals surface area contributed by atoms with Crippen molar-refractivity contribution in [1.82, 2.24) is 0 Å². The smallest absolute Gasteiger partial charge is 0.123 e. The van der Waals surface area contributed by atoms with E-state index in [9.17, 15) is 4.39 Å². The van der Waals surface area contributed by atoms with Gasteiger partial charge in [0, 0.05) is 0 Å². The Hall–Kier alpha value is -1.11. The largest absolute Gasteiger partial charge is 0.207 e. The zero-order valence-electron chi connectivity index (χ0n) is 14.1. The van der Waals surface area contributed by atoms with Crippen molar-refractivity contribution >= 4 is 0 Å². The van der Waals surface area contributed by atoms with Crippen LogP contribution in [0.3, 0.4) is 0 Å². The van der Waals surface area contributed by atoms with Crippen LogP contribution in [-0.2, 0) is 0 Å². The Balaban J connectivity index is 1.32. The molecule has 1 aromatic rings. The maximum Gasteiger partial charge on any atom is 0.123 e. The molecule has 0 saturated heterocycles. The Morgan fingerprint density at radius 2 is 1.30 bits per heavy atom. The highest BCUT2D eigenvalue weighted by Gasteiger charge is 2.51. The van der Waals surface area contributed by atoms with Crippen molar-refractivity contribution in [2.75, 3.05) is 0 Å². The molecule has 2 atom stereocenters. The van der Waals surface area contributed by atoms with Crippen molar-refractivity contribution in [2.24, 2.45) is 29.6 Å². The van der Waals surface area contributed by atoms with Gasteiger partial charge in [-0.25, -0.2) is 4.39 Å². The fraction of sp³-hybridized carbons (Fsp3) is 0.636. The molecule has 0 aliphatic heterocycles. The topological polar surface area (TPSA) is 0 Å². The maximum absolute atomic E-state index is 13.1. The zero-order chi connectivity index (χ0) is 15.8. The van der Waals surface area contributed by atoms with Crippen molar-refractivity contribution in [3.05, 3.63) is 48.3 Å². The quantitative estimate of drug-likeness (QED) is 0.571. The molecule has 0 spiro atoms. The van der Waals surface area contributed by atoms with Crippen LogP contribution in [0.4, 0.5) is 4.39 Å². The van der Waals surface area contributed by atoms with Crippen LogP contribution in [0.2, 0.25) is 0 Å². The van der Waals surface area contributed by atoms with Gasteiger partial charge in [-0.15, -0.1) is 6.58 Å². The summed E-state index contributed by atoms with van der Waals surface area (Å²) in [5.74, 6) is 5.13. The van der Waals surface area contributed by atoms with Crippen molar-refractivity contribution in [1.29, 1.82) is 0 Å². The Labute approximate surface area is 140 Å². The van der Waals surface area contributed by atoms with Crippen molar-refractivity contribution in [2.45, 2.75) is 57.3 Å². The lowest BCUT2D eigenvalue weighted by Gasteiger charge is -2.33. The summed E-state index contributed by atoms with van der Waals surface area (Å²) in [6.07, 6.45) is 13.4. The lowest BCUT2D eigenvalue weighted by molar-refractivity contribution is 0.201. The first-order valence-electron chi connectivity index (χ1n) is 9.64. The molecule has 0 aromatic heterocycles. The van der Waals surface area contributed by atoms with E-state index in [1.54, 1.807) is 12.1 Å². The van der Waals surface area contributed by atoms with E-state index in [1.165, 1.54) is 56.9 Å². The minimum atomic E-state index is -0.107. The third kappa shape index (κ3) is 3.12. The van der Waals surface area contributed by atoms with E-state index in [-0.39, 0.29) is 5.82 Å². The summed E-state index contributed by atoms with van der Waals surface area (Å²) in [4.78, 5) is 0. The van der Waals surface area contributed by atoms with Gasteiger partial charge >= 0.3 is 0 Å². The SMILES string of the molecule is C=CC1CCC(C2CCC3C(CC2)C3c2ccc(F)cc2)CC1. The van der Waals surface area contributed by atoms with Gasteiger partial charge in [0.05, 0.1) is 0 Å². The molecular formula is C22H29F. The number of benzene rings is 1. The minimum Gasteiger partial charge on any atom is -0.207 e. The van der Waals surface area contributed by atoms with Crippen LogP contribution in [0, 0.1) is 35.4 Å². The van der Waals surface area contributed by atoms with Gasteiger partial charge in [0.1, 0.15) is 5.82 Å². The average Bonchev–Trinajstić information content (AvgIpc) is 3.31. The van der Waals surface area contributed by atoms with Crippen LogP contribution in [0.1, 0.15) is 62.8 Å². The lowest BCUT2D eigenvalue weighted by atomic mass is 9.73. The van der Waals surface area contributed by atoms with Crippen LogP contribution in [0.5, 0.6) is 0 Å². The van der Waals surface area contributed by atoms with Crippen molar-refractivity contribution < 1.29 is 4.39 Å². The van der Waals surface area contributed by atoms with E-state index in [0.29, 0.717) is 0 Å². The van der Waals surface area contributed by atoms with Gasteiger partial charge in [-0.1, -0.05) is 18.2 Å². The average molecular weight is 312 g/mol. The first kappa shape index (κ1) is 15.4. The molecule has 3 saturated carbocycles. The first-order valence-corrected chi connectivity index (χ1v) is 9.64. The van der Waals surface area contributed by atoms with E-state index in [4.69, 9.17) is 0 Å². The Bertz CT molecular complexity index is 524. The van der Waals surface area contributed by atoms with Gasteiger partial charge in [0.25, 0.3) is 0 Å². The molecule has 3 aliphatic carbocycles. The Kier molecular flexibility index (Phi) is 4.30. The van der Waals surface area contributed by atoms with Crippen LogP contribution in [0.25, 0.3) is 0 Å². The van der Waals surface area contributed by atoms with Gasteiger partial charge in [-0.3, -0.25) is 0 Å². The van der Waals surface area contributed by atoms with E-state index in [2.05, 4.69) is 12.7 Å². The predicted octanol–water partition coefficient (Wildman–Crippen LogP) is 6.34. The van der Waals surface area contributed by atoms with Gasteiger partial charge in [-0.05, 0) is 105 Å². The number of hydrogen-bond acceptors (Lipinski definition) is 0. The van der Waals surface area contributed by atoms with Crippen LogP contribution < -0.4 is 0 Å². The van der Waals surface area contributed by atoms with E-state index < -0.39 is 0 Å². The number of allylic oxidation sites excluding steroid dienone is 1. The van der Waals surface area contributed by atoms with E-state index in [1.807, 2.05) is 12.1 Å². The minimum absolute atomic E-state index is 0.107. The molecule has 124 valence electrons. The zero-order valence-corrected chi connectivity index (χ0v) is 14.1. The summed E-state index contributed by atoms with van der Waals surface area (Å²) < 4.78 is 13.1. The number of halogens is 1. The predicted molar refractivity (Wildman–Crippen MR) is 93.7 cm³/mol. The number of fused-ring (bicyclic) bond motifs is 1. The van der Waals surface area contributed by atoms with Crippen LogP contribution in [0.15, 0.2) is 36.9 Å². The summed E-state index contributed by atoms with van der Waals surface area (Å²) >= 11 is 0. The summed E-state index contributed by atoms with van der Waals surface area (Å²) in [5, 5.41) is 0. The fourth-order valence-corrected chi connectivity index (χ4v) is 5.69. The van der Waals surface area contributed by atoms with Gasteiger partial charge < -0.3 is 0 Å². The van der Waals surface area contributed by atoms with Crippen LogP contribution >= 0.6 is 0 Å². The van der Waals surface area contributed by atoms with E-state index in [0.717, 1.165) is 35.5 Å². The molecule has 0 nitrogen and oxygen atoms in total. The summed E-state index contributed by atoms with van der Waals surface area (Å²) in [6, 6.07) is 7.30. The Morgan fingerprint density at radius 1 is 0.783 bits per heavy atom. The summed E-state index contributed by atoms with van der Waals surface area (Å²) in [6.45, 7) is 3.97. The number of hydrogen-bond donors (Lipinski definition) is 0. The number of rotatable bonds is 3. The second-order valence-electron chi connectivity index (χ2n) is 8.23. The highest BCUT2D eigenvalue weighted by molar-refractivity contribution is 5.29. The maximum atomic E-state index is 13.1. The molecule has 2 unspecified atom stereocenters. The van der Waals surface area contributed by atoms with Gasteiger partial charge in [0.2, 0.25) is 0 Å². The fourth-order valence-electron chi connectivity index (χ4n) is 5.69. The molecule has 0 bridgehead atoms. The van der Waals surface area contributed by atoms with Crippen molar-refractivity contribution in [3.63, 3.8) is 0 Å². The highest BCUT2D eigenvalue weighted by Crippen LogP contribution is 2.61. The monoisotopic (exact) mass is 312 g/mol. The second-order valence-corrected chi connectivity index (χ2v) is 8.23. The van der Waals surface area contributed by atoms with Gasteiger partial charge in [0.15, 0.2) is 0 Å². The molecule has 1 aromatic carbocycles. The summed E-state index contributed by atoms with van der Waals surface area (Å²) in [5.41, 5.74) is 1.38.